The third kappa shape index (κ3) is 12.4. The molecule has 232 valence electrons. The van der Waals surface area contributed by atoms with Gasteiger partial charge in [-0.3, -0.25) is 0 Å². The largest absolute Gasteiger partial charge is 0.507 e. The van der Waals surface area contributed by atoms with Crippen LogP contribution in [0.3, 0.4) is 0 Å². The fourth-order valence-electron chi connectivity index (χ4n) is 4.51. The van der Waals surface area contributed by atoms with Crippen LogP contribution >= 0.6 is 0 Å². The summed E-state index contributed by atoms with van der Waals surface area (Å²) in [5.74, 6) is 0.162. The second kappa shape index (κ2) is 19.2. The fourth-order valence-corrected chi connectivity index (χ4v) is 4.51. The van der Waals surface area contributed by atoms with Gasteiger partial charge in [0.1, 0.15) is 34.3 Å². The summed E-state index contributed by atoms with van der Waals surface area (Å²) >= 11 is 0. The van der Waals surface area contributed by atoms with E-state index in [-0.39, 0.29) is 17.1 Å². The molecule has 0 fully saturated rings. The Morgan fingerprint density at radius 3 is 1.51 bits per heavy atom. The van der Waals surface area contributed by atoms with Gasteiger partial charge in [-0.25, -0.2) is 9.59 Å². The summed E-state index contributed by atoms with van der Waals surface area (Å²) in [6.07, 6.45) is 14.3. The molecule has 3 aromatic rings. The molecule has 0 aliphatic carbocycles. The van der Waals surface area contributed by atoms with Crippen LogP contribution in [0.25, 0.3) is 0 Å². The van der Waals surface area contributed by atoms with Crippen LogP contribution < -0.4 is 18.9 Å². The van der Waals surface area contributed by atoms with E-state index < -0.39 is 11.9 Å². The lowest BCUT2D eigenvalue weighted by Crippen LogP contribution is -2.10. The normalized spacial score (nSPS) is 10.7. The van der Waals surface area contributed by atoms with Crippen LogP contribution in [-0.4, -0.2) is 30.3 Å². The number of unbranched alkanes of at least 4 members (excludes halogenated alkanes) is 10. The Hall–Kier alpha value is -4.00. The SMILES string of the molecule is CCCCCCCCOc1ccc(OC(=O)c2ccc(OC(=O)c3ccc(OCCCCCCCC)cc3)cc2O)cc1. The second-order valence-electron chi connectivity index (χ2n) is 10.7. The van der Waals surface area contributed by atoms with Crippen LogP contribution in [0, 0.1) is 0 Å². The molecule has 0 unspecified atom stereocenters. The Kier molecular flexibility index (Phi) is 15.0. The smallest absolute Gasteiger partial charge is 0.347 e. The van der Waals surface area contributed by atoms with Crippen molar-refractivity contribution in [1.82, 2.24) is 0 Å². The fraction of sp³-hybridized carbons (Fsp3) is 0.444. The molecule has 7 heteroatoms. The summed E-state index contributed by atoms with van der Waals surface area (Å²) in [6.45, 7) is 5.70. The number of carbonyl (C=O) groups excluding carboxylic acids is 2. The van der Waals surface area contributed by atoms with Crippen molar-refractivity contribution < 1.29 is 33.6 Å². The molecule has 3 rings (SSSR count). The van der Waals surface area contributed by atoms with Gasteiger partial charge in [-0.15, -0.1) is 0 Å². The Morgan fingerprint density at radius 2 is 0.977 bits per heavy atom. The predicted octanol–water partition coefficient (Wildman–Crippen LogP) is 9.31. The van der Waals surface area contributed by atoms with Gasteiger partial charge in [-0.05, 0) is 73.5 Å². The van der Waals surface area contributed by atoms with Gasteiger partial charge in [0.25, 0.3) is 0 Å². The minimum atomic E-state index is -0.729. The average Bonchev–Trinajstić information content (AvgIpc) is 3.01. The van der Waals surface area contributed by atoms with Crippen LogP contribution in [0.15, 0.2) is 66.7 Å². The number of hydrogen-bond acceptors (Lipinski definition) is 7. The summed E-state index contributed by atoms with van der Waals surface area (Å²) in [6, 6.07) is 17.5. The third-order valence-electron chi connectivity index (χ3n) is 7.06. The number of phenolic OH excluding ortho intramolecular Hbond substituents is 1. The van der Waals surface area contributed by atoms with Crippen LogP contribution in [0.1, 0.15) is 112 Å². The Morgan fingerprint density at radius 1 is 0.535 bits per heavy atom. The summed E-state index contributed by atoms with van der Waals surface area (Å²) in [4.78, 5) is 25.2. The summed E-state index contributed by atoms with van der Waals surface area (Å²) in [5, 5.41) is 10.4. The average molecular weight is 591 g/mol. The maximum atomic E-state index is 12.6. The van der Waals surface area contributed by atoms with E-state index in [0.717, 1.165) is 25.7 Å². The number of hydrogen-bond donors (Lipinski definition) is 1. The number of rotatable bonds is 20. The highest BCUT2D eigenvalue weighted by Gasteiger charge is 2.17. The number of benzene rings is 3. The third-order valence-corrected chi connectivity index (χ3v) is 7.06. The molecule has 0 aromatic heterocycles. The molecule has 0 aliphatic rings. The maximum absolute atomic E-state index is 12.6. The van der Waals surface area contributed by atoms with Crippen LogP contribution in [0.5, 0.6) is 28.7 Å². The number of aromatic hydroxyl groups is 1. The lowest BCUT2D eigenvalue weighted by molar-refractivity contribution is 0.0729. The molecule has 0 heterocycles. The van der Waals surface area contributed by atoms with E-state index in [4.69, 9.17) is 18.9 Å². The molecule has 0 spiro atoms. The van der Waals surface area contributed by atoms with Gasteiger partial charge in [0, 0.05) is 6.07 Å². The van der Waals surface area contributed by atoms with Crippen molar-refractivity contribution in [3.63, 3.8) is 0 Å². The van der Waals surface area contributed by atoms with E-state index in [9.17, 15) is 14.7 Å². The molecular weight excluding hydrogens is 544 g/mol. The number of phenols is 1. The molecule has 0 aliphatic heterocycles. The van der Waals surface area contributed by atoms with Crippen molar-refractivity contribution in [1.29, 1.82) is 0 Å². The zero-order chi connectivity index (χ0) is 30.7. The molecule has 0 radical (unpaired) electrons. The van der Waals surface area contributed by atoms with Crippen LogP contribution in [0.4, 0.5) is 0 Å². The van der Waals surface area contributed by atoms with E-state index in [2.05, 4.69) is 13.8 Å². The topological polar surface area (TPSA) is 91.3 Å². The highest BCUT2D eigenvalue weighted by atomic mass is 16.5. The highest BCUT2D eigenvalue weighted by molar-refractivity contribution is 5.95. The number of carbonyl (C=O) groups is 2. The first-order valence-corrected chi connectivity index (χ1v) is 15.7. The van der Waals surface area contributed by atoms with Crippen molar-refractivity contribution in [2.45, 2.75) is 90.9 Å². The lowest BCUT2D eigenvalue weighted by Gasteiger charge is -2.10. The van der Waals surface area contributed by atoms with Crippen molar-refractivity contribution in [3.8, 4) is 28.7 Å². The van der Waals surface area contributed by atoms with E-state index in [1.807, 2.05) is 0 Å². The Labute approximate surface area is 256 Å². The first kappa shape index (κ1) is 33.5. The minimum Gasteiger partial charge on any atom is -0.507 e. The standard InChI is InChI=1S/C36H46O7/c1-3-5-7-9-11-13-25-40-29-17-15-28(16-18-29)35(38)43-32-23-24-33(34(37)27-32)36(39)42-31-21-19-30(20-22-31)41-26-14-12-10-8-6-4-2/h15-24,27,37H,3-14,25-26H2,1-2H3. The Balaban J connectivity index is 1.42. The van der Waals surface area contributed by atoms with Gasteiger partial charge in [0.2, 0.25) is 0 Å². The molecule has 0 saturated heterocycles. The van der Waals surface area contributed by atoms with E-state index in [1.165, 1.54) is 69.6 Å². The Bertz CT molecular complexity index is 1240. The van der Waals surface area contributed by atoms with Crippen molar-refractivity contribution in [2.75, 3.05) is 13.2 Å². The van der Waals surface area contributed by atoms with Crippen LogP contribution in [0.2, 0.25) is 0 Å². The molecule has 0 saturated carbocycles. The summed E-state index contributed by atoms with van der Waals surface area (Å²) in [5.41, 5.74) is 0.296. The van der Waals surface area contributed by atoms with E-state index in [1.54, 1.807) is 48.5 Å². The zero-order valence-electron chi connectivity index (χ0n) is 25.6. The predicted molar refractivity (Wildman–Crippen MR) is 169 cm³/mol. The molecule has 7 nitrogen and oxygen atoms in total. The minimum absolute atomic E-state index is 0.0462. The molecular formula is C36H46O7. The molecule has 3 aromatic carbocycles. The quantitative estimate of drug-likeness (QED) is 0.0796. The molecule has 0 bridgehead atoms. The lowest BCUT2D eigenvalue weighted by atomic mass is 10.1. The summed E-state index contributed by atoms with van der Waals surface area (Å²) in [7, 11) is 0. The van der Waals surface area contributed by atoms with Crippen LogP contribution in [-0.2, 0) is 0 Å². The van der Waals surface area contributed by atoms with Gasteiger partial charge in [-0.2, -0.15) is 0 Å². The van der Waals surface area contributed by atoms with E-state index >= 15 is 0 Å². The van der Waals surface area contributed by atoms with Gasteiger partial charge in [0.15, 0.2) is 0 Å². The maximum Gasteiger partial charge on any atom is 0.347 e. The van der Waals surface area contributed by atoms with Crippen molar-refractivity contribution in [2.24, 2.45) is 0 Å². The highest BCUT2D eigenvalue weighted by Crippen LogP contribution is 2.27. The summed E-state index contributed by atoms with van der Waals surface area (Å²) < 4.78 is 22.3. The first-order valence-electron chi connectivity index (χ1n) is 15.7. The van der Waals surface area contributed by atoms with Crippen molar-refractivity contribution >= 4 is 11.9 Å². The number of ether oxygens (including phenoxy) is 4. The van der Waals surface area contributed by atoms with Crippen molar-refractivity contribution in [3.05, 3.63) is 77.9 Å². The van der Waals surface area contributed by atoms with E-state index in [0.29, 0.717) is 36.0 Å². The molecule has 0 amide bonds. The molecule has 0 atom stereocenters. The zero-order valence-corrected chi connectivity index (χ0v) is 25.6. The first-order chi connectivity index (χ1) is 21.0. The van der Waals surface area contributed by atoms with Gasteiger partial charge >= 0.3 is 11.9 Å². The monoisotopic (exact) mass is 590 g/mol. The molecule has 43 heavy (non-hydrogen) atoms. The van der Waals surface area contributed by atoms with Gasteiger partial charge < -0.3 is 24.1 Å². The second-order valence-corrected chi connectivity index (χ2v) is 10.7. The van der Waals surface area contributed by atoms with Gasteiger partial charge in [0.05, 0.1) is 18.8 Å². The van der Waals surface area contributed by atoms with Gasteiger partial charge in [-0.1, -0.05) is 78.1 Å². The molecule has 1 N–H and O–H groups in total. The number of esters is 2.